The second-order valence-corrected chi connectivity index (χ2v) is 5.64. The molecule has 112 valence electrons. The van der Waals surface area contributed by atoms with Gasteiger partial charge in [0.15, 0.2) is 5.13 Å². The molecule has 0 spiro atoms. The van der Waals surface area contributed by atoms with Gasteiger partial charge in [-0.1, -0.05) is 12.1 Å². The molecule has 0 unspecified atom stereocenters. The zero-order valence-electron chi connectivity index (χ0n) is 12.0. The first-order valence-electron chi connectivity index (χ1n) is 6.95. The average molecular weight is 320 g/mol. The number of imidazole rings is 1. The van der Waals surface area contributed by atoms with E-state index in [4.69, 9.17) is 5.73 Å². The van der Waals surface area contributed by atoms with Crippen molar-refractivity contribution >= 4 is 17.3 Å². The number of anilines is 1. The Bertz CT molecular complexity index is 930. The van der Waals surface area contributed by atoms with E-state index >= 15 is 0 Å². The summed E-state index contributed by atoms with van der Waals surface area (Å²) < 4.78 is 1.76. The fourth-order valence-corrected chi connectivity index (χ4v) is 2.99. The van der Waals surface area contributed by atoms with Crippen molar-refractivity contribution in [1.82, 2.24) is 24.5 Å². The van der Waals surface area contributed by atoms with Gasteiger partial charge in [-0.2, -0.15) is 0 Å². The summed E-state index contributed by atoms with van der Waals surface area (Å²) in [5, 5.41) is 2.70. The van der Waals surface area contributed by atoms with Crippen molar-refractivity contribution < 1.29 is 0 Å². The third-order valence-corrected chi connectivity index (χ3v) is 4.13. The number of aromatic nitrogens is 5. The minimum Gasteiger partial charge on any atom is -0.369 e. The van der Waals surface area contributed by atoms with E-state index < -0.39 is 0 Å². The van der Waals surface area contributed by atoms with Gasteiger partial charge in [0.2, 0.25) is 5.95 Å². The lowest BCUT2D eigenvalue weighted by Gasteiger charge is -1.98. The first-order valence-corrected chi connectivity index (χ1v) is 7.83. The zero-order valence-corrected chi connectivity index (χ0v) is 12.8. The first kappa shape index (κ1) is 13.6. The molecule has 0 amide bonds. The molecule has 0 bridgehead atoms. The molecule has 0 saturated carbocycles. The second kappa shape index (κ2) is 5.62. The summed E-state index contributed by atoms with van der Waals surface area (Å²) in [4.78, 5) is 17.6. The largest absolute Gasteiger partial charge is 0.369 e. The summed E-state index contributed by atoms with van der Waals surface area (Å²) in [5.41, 5.74) is 9.18. The quantitative estimate of drug-likeness (QED) is 0.627. The molecular weight excluding hydrogens is 308 g/mol. The average Bonchev–Trinajstić information content (AvgIpc) is 3.23. The Morgan fingerprint density at radius 3 is 2.17 bits per heavy atom. The molecule has 0 aliphatic heterocycles. The lowest BCUT2D eigenvalue weighted by atomic mass is 10.3. The number of rotatable bonds is 3. The van der Waals surface area contributed by atoms with Gasteiger partial charge in [-0.25, -0.2) is 9.97 Å². The van der Waals surface area contributed by atoms with Gasteiger partial charge >= 0.3 is 0 Å². The van der Waals surface area contributed by atoms with Gasteiger partial charge in [0.25, 0.3) is 0 Å². The van der Waals surface area contributed by atoms with Crippen LogP contribution in [0.2, 0.25) is 0 Å². The molecule has 0 fully saturated rings. The minimum atomic E-state index is 0.382. The van der Waals surface area contributed by atoms with E-state index in [0.717, 1.165) is 27.9 Å². The SMILES string of the molecule is Nc1nc(-c2ccccn2)cn1-c1nc(-c2ccccn2)cs1. The normalized spacial score (nSPS) is 10.8. The second-order valence-electron chi connectivity index (χ2n) is 4.80. The van der Waals surface area contributed by atoms with Crippen LogP contribution in [0.25, 0.3) is 27.9 Å². The number of nitrogens with zero attached hydrogens (tertiary/aromatic N) is 5. The lowest BCUT2D eigenvalue weighted by Crippen LogP contribution is -1.99. The maximum atomic E-state index is 6.03. The molecule has 0 atom stereocenters. The van der Waals surface area contributed by atoms with Gasteiger partial charge in [-0.3, -0.25) is 14.5 Å². The third-order valence-electron chi connectivity index (χ3n) is 3.29. The highest BCUT2D eigenvalue weighted by molar-refractivity contribution is 7.12. The van der Waals surface area contributed by atoms with Crippen LogP contribution in [0.3, 0.4) is 0 Å². The van der Waals surface area contributed by atoms with E-state index in [1.807, 2.05) is 48.0 Å². The predicted molar refractivity (Wildman–Crippen MR) is 90.1 cm³/mol. The van der Waals surface area contributed by atoms with Crippen LogP contribution in [-0.2, 0) is 0 Å². The molecule has 0 aliphatic carbocycles. The van der Waals surface area contributed by atoms with Crippen molar-refractivity contribution in [2.24, 2.45) is 0 Å². The first-order chi connectivity index (χ1) is 11.3. The summed E-state index contributed by atoms with van der Waals surface area (Å²) in [5.74, 6) is 0.382. The Labute approximate surface area is 136 Å². The van der Waals surface area contributed by atoms with Crippen LogP contribution in [0.1, 0.15) is 0 Å². The highest BCUT2D eigenvalue weighted by Crippen LogP contribution is 2.26. The van der Waals surface area contributed by atoms with Crippen LogP contribution < -0.4 is 5.73 Å². The maximum absolute atomic E-state index is 6.03. The van der Waals surface area contributed by atoms with Crippen LogP contribution in [0, 0.1) is 0 Å². The van der Waals surface area contributed by atoms with Crippen LogP contribution in [0.15, 0.2) is 60.4 Å². The maximum Gasteiger partial charge on any atom is 0.207 e. The molecule has 4 aromatic rings. The topological polar surface area (TPSA) is 82.5 Å². The molecule has 0 saturated heterocycles. The van der Waals surface area contributed by atoms with Gasteiger partial charge in [-0.15, -0.1) is 11.3 Å². The van der Waals surface area contributed by atoms with E-state index in [0.29, 0.717) is 5.95 Å². The van der Waals surface area contributed by atoms with E-state index in [1.165, 1.54) is 11.3 Å². The van der Waals surface area contributed by atoms with Gasteiger partial charge < -0.3 is 5.73 Å². The molecule has 2 N–H and O–H groups in total. The molecule has 7 heteroatoms. The fraction of sp³-hybridized carbons (Fsp3) is 0. The molecule has 4 heterocycles. The molecule has 4 rings (SSSR count). The number of pyridine rings is 2. The molecule has 0 radical (unpaired) electrons. The van der Waals surface area contributed by atoms with Crippen LogP contribution in [0.5, 0.6) is 0 Å². The highest BCUT2D eigenvalue weighted by atomic mass is 32.1. The summed E-state index contributed by atoms with van der Waals surface area (Å²) in [6.07, 6.45) is 5.32. The monoisotopic (exact) mass is 320 g/mol. The van der Waals surface area contributed by atoms with Crippen molar-refractivity contribution in [3.63, 3.8) is 0 Å². The Balaban J connectivity index is 1.72. The van der Waals surface area contributed by atoms with E-state index in [1.54, 1.807) is 17.0 Å². The van der Waals surface area contributed by atoms with Crippen molar-refractivity contribution in [3.8, 4) is 27.9 Å². The predicted octanol–water partition coefficient (Wildman–Crippen LogP) is 3.04. The Morgan fingerprint density at radius 1 is 0.826 bits per heavy atom. The van der Waals surface area contributed by atoms with Gasteiger partial charge in [0.1, 0.15) is 11.4 Å². The number of hydrogen-bond donors (Lipinski definition) is 1. The molecule has 4 aromatic heterocycles. The van der Waals surface area contributed by atoms with E-state index in [2.05, 4.69) is 19.9 Å². The van der Waals surface area contributed by atoms with Gasteiger partial charge in [0.05, 0.1) is 11.4 Å². The standard InChI is InChI=1S/C16H12N6S/c17-15-20-13(11-5-1-3-7-18-11)9-22(15)16-21-14(10-23-16)12-6-2-4-8-19-12/h1-10H,(H2,17,20). The summed E-state index contributed by atoms with van der Waals surface area (Å²) in [6.45, 7) is 0. The number of nitrogen functional groups attached to an aromatic ring is 1. The fourth-order valence-electron chi connectivity index (χ4n) is 2.19. The van der Waals surface area contributed by atoms with E-state index in [9.17, 15) is 0 Å². The minimum absolute atomic E-state index is 0.382. The van der Waals surface area contributed by atoms with E-state index in [-0.39, 0.29) is 0 Å². The number of nitrogens with two attached hydrogens (primary N) is 1. The molecule has 0 aromatic carbocycles. The lowest BCUT2D eigenvalue weighted by molar-refractivity contribution is 1.05. The van der Waals surface area contributed by atoms with Crippen LogP contribution in [-0.4, -0.2) is 24.5 Å². The summed E-state index contributed by atoms with van der Waals surface area (Å²) in [7, 11) is 0. The highest BCUT2D eigenvalue weighted by Gasteiger charge is 2.13. The summed E-state index contributed by atoms with van der Waals surface area (Å²) in [6, 6.07) is 11.4. The van der Waals surface area contributed by atoms with Crippen molar-refractivity contribution in [2.45, 2.75) is 0 Å². The molecule has 6 nitrogen and oxygen atoms in total. The van der Waals surface area contributed by atoms with Crippen LogP contribution in [0.4, 0.5) is 5.95 Å². The third kappa shape index (κ3) is 2.58. The van der Waals surface area contributed by atoms with Gasteiger partial charge in [0, 0.05) is 24.0 Å². The number of thiazole rings is 1. The zero-order chi connectivity index (χ0) is 15.6. The molecule has 0 aliphatic rings. The Hall–Kier alpha value is -3.06. The molecular formula is C16H12N6S. The number of hydrogen-bond acceptors (Lipinski definition) is 6. The van der Waals surface area contributed by atoms with Crippen LogP contribution >= 0.6 is 11.3 Å². The van der Waals surface area contributed by atoms with Crippen molar-refractivity contribution in [3.05, 3.63) is 60.4 Å². The van der Waals surface area contributed by atoms with Crippen molar-refractivity contribution in [2.75, 3.05) is 5.73 Å². The Kier molecular flexibility index (Phi) is 3.32. The molecule has 23 heavy (non-hydrogen) atoms. The smallest absolute Gasteiger partial charge is 0.207 e. The Morgan fingerprint density at radius 2 is 1.52 bits per heavy atom. The van der Waals surface area contributed by atoms with Crippen molar-refractivity contribution in [1.29, 1.82) is 0 Å². The van der Waals surface area contributed by atoms with Gasteiger partial charge in [-0.05, 0) is 24.3 Å². The summed E-state index contributed by atoms with van der Waals surface area (Å²) >= 11 is 1.49.